The number of amides is 1. The van der Waals surface area contributed by atoms with Crippen LogP contribution in [0.25, 0.3) is 27.8 Å². The number of rotatable bonds is 4. The lowest BCUT2D eigenvalue weighted by Crippen LogP contribution is -2.19. The Balaban J connectivity index is 1.32. The van der Waals surface area contributed by atoms with Gasteiger partial charge in [-0.05, 0) is 70.6 Å². The van der Waals surface area contributed by atoms with Crippen LogP contribution in [-0.2, 0) is 11.3 Å². The van der Waals surface area contributed by atoms with Crippen molar-refractivity contribution in [1.29, 1.82) is 0 Å². The number of carbonyl (C=O) groups excluding carboxylic acids is 1. The molecule has 0 atom stereocenters. The van der Waals surface area contributed by atoms with Gasteiger partial charge in [0.1, 0.15) is 5.82 Å². The third kappa shape index (κ3) is 4.36. The van der Waals surface area contributed by atoms with Crippen LogP contribution in [0.5, 0.6) is 0 Å². The largest absolute Gasteiger partial charge is 0.342 e. The van der Waals surface area contributed by atoms with Gasteiger partial charge in [-0.3, -0.25) is 4.79 Å². The van der Waals surface area contributed by atoms with Crippen molar-refractivity contribution in [2.75, 3.05) is 0 Å². The molecule has 5 aromatic rings. The molecule has 0 spiro atoms. The molecule has 6 rings (SSSR count). The zero-order valence-electron chi connectivity index (χ0n) is 18.6. The molecule has 1 fully saturated rings. The molecule has 0 radical (unpaired) electrons. The van der Waals surface area contributed by atoms with Crippen molar-refractivity contribution in [3.05, 3.63) is 119 Å². The van der Waals surface area contributed by atoms with Crippen LogP contribution in [-0.4, -0.2) is 15.6 Å². The Bertz CT molecular complexity index is 1650. The molecule has 35 heavy (non-hydrogen) atoms. The number of para-hydroxylation sites is 1. The second-order valence-electron chi connectivity index (χ2n) is 8.37. The van der Waals surface area contributed by atoms with Crippen molar-refractivity contribution < 1.29 is 9.18 Å². The Hall–Kier alpha value is -4.16. The van der Waals surface area contributed by atoms with Gasteiger partial charge >= 0.3 is 0 Å². The smallest absolute Gasteiger partial charge is 0.264 e. The third-order valence-electron chi connectivity index (χ3n) is 5.98. The van der Waals surface area contributed by atoms with Gasteiger partial charge in [0.25, 0.3) is 5.91 Å². The van der Waals surface area contributed by atoms with E-state index in [0.717, 1.165) is 23.0 Å². The standard InChI is InChI=1S/C29H20FN3OS/c30-23-11-13-24(14-12-23)31-29-32-28(34)27(35-29)16-22-18-33(26-8-4-3-7-25(22)26)17-19-9-10-20-5-1-2-6-21(20)15-19/h1-16,18H,17H2,(H,31,32,34). The maximum Gasteiger partial charge on any atom is 0.264 e. The fourth-order valence-electron chi connectivity index (χ4n) is 4.31. The molecule has 1 N–H and O–H groups in total. The molecule has 6 heteroatoms. The van der Waals surface area contributed by atoms with Crippen LogP contribution in [0, 0.1) is 5.82 Å². The number of fused-ring (bicyclic) bond motifs is 2. The number of carbonyl (C=O) groups is 1. The molecule has 1 saturated heterocycles. The summed E-state index contributed by atoms with van der Waals surface area (Å²) in [4.78, 5) is 17.6. The number of aromatic nitrogens is 1. The highest BCUT2D eigenvalue weighted by Gasteiger charge is 2.24. The quantitative estimate of drug-likeness (QED) is 0.287. The number of nitrogens with zero attached hydrogens (tertiary/aromatic N) is 2. The molecule has 1 amide bonds. The Morgan fingerprint density at radius 1 is 0.914 bits per heavy atom. The van der Waals surface area contributed by atoms with Gasteiger partial charge in [0.05, 0.1) is 10.6 Å². The van der Waals surface area contributed by atoms with E-state index in [-0.39, 0.29) is 11.7 Å². The van der Waals surface area contributed by atoms with Gasteiger partial charge in [-0.15, -0.1) is 0 Å². The van der Waals surface area contributed by atoms with E-state index in [9.17, 15) is 9.18 Å². The number of benzene rings is 4. The van der Waals surface area contributed by atoms with Crippen molar-refractivity contribution in [2.45, 2.75) is 6.54 Å². The van der Waals surface area contributed by atoms with E-state index in [4.69, 9.17) is 0 Å². The van der Waals surface area contributed by atoms with Gasteiger partial charge < -0.3 is 9.88 Å². The number of amidine groups is 1. The highest BCUT2D eigenvalue weighted by molar-refractivity contribution is 8.18. The fraction of sp³-hybridized carbons (Fsp3) is 0.0345. The van der Waals surface area contributed by atoms with E-state index in [0.29, 0.717) is 15.8 Å². The van der Waals surface area contributed by atoms with Crippen LogP contribution in [0.4, 0.5) is 10.1 Å². The Labute approximate surface area is 205 Å². The molecule has 0 saturated carbocycles. The van der Waals surface area contributed by atoms with Gasteiger partial charge in [-0.25, -0.2) is 9.38 Å². The van der Waals surface area contributed by atoms with E-state index >= 15 is 0 Å². The summed E-state index contributed by atoms with van der Waals surface area (Å²) in [6.07, 6.45) is 4.00. The first-order chi connectivity index (χ1) is 17.1. The van der Waals surface area contributed by atoms with Crippen LogP contribution in [0.15, 0.2) is 107 Å². The number of hydrogen-bond donors (Lipinski definition) is 1. The summed E-state index contributed by atoms with van der Waals surface area (Å²) in [5, 5.41) is 6.81. The SMILES string of the molecule is O=C1NC(=Nc2ccc(F)cc2)SC1=Cc1cn(Cc2ccc3ccccc3c2)c2ccccc12. The predicted molar refractivity (Wildman–Crippen MR) is 142 cm³/mol. The van der Waals surface area contributed by atoms with Crippen LogP contribution in [0.2, 0.25) is 0 Å². The molecular formula is C29H20FN3OS. The average Bonchev–Trinajstić information content (AvgIpc) is 3.40. The van der Waals surface area contributed by atoms with Gasteiger partial charge in [-0.2, -0.15) is 0 Å². The summed E-state index contributed by atoms with van der Waals surface area (Å²) < 4.78 is 15.4. The second-order valence-corrected chi connectivity index (χ2v) is 9.40. The zero-order chi connectivity index (χ0) is 23.8. The van der Waals surface area contributed by atoms with Crippen molar-refractivity contribution in [1.82, 2.24) is 9.88 Å². The molecule has 1 aromatic heterocycles. The Morgan fingerprint density at radius 3 is 2.54 bits per heavy atom. The van der Waals surface area contributed by atoms with Gasteiger partial charge in [0, 0.05) is 29.2 Å². The second kappa shape index (κ2) is 8.89. The van der Waals surface area contributed by atoms with Crippen LogP contribution in [0.1, 0.15) is 11.1 Å². The number of nitrogens with one attached hydrogen (secondary N) is 1. The molecule has 0 aliphatic carbocycles. The highest BCUT2D eigenvalue weighted by Crippen LogP contribution is 2.31. The summed E-state index contributed by atoms with van der Waals surface area (Å²) in [6.45, 7) is 0.727. The lowest BCUT2D eigenvalue weighted by atomic mass is 10.1. The Morgan fingerprint density at radius 2 is 1.69 bits per heavy atom. The first-order valence-electron chi connectivity index (χ1n) is 11.2. The highest BCUT2D eigenvalue weighted by atomic mass is 32.2. The topological polar surface area (TPSA) is 46.4 Å². The summed E-state index contributed by atoms with van der Waals surface area (Å²) >= 11 is 1.28. The fourth-order valence-corrected chi connectivity index (χ4v) is 5.14. The van der Waals surface area contributed by atoms with E-state index in [2.05, 4.69) is 69.6 Å². The van der Waals surface area contributed by atoms with E-state index < -0.39 is 0 Å². The summed E-state index contributed by atoms with van der Waals surface area (Å²) in [5.74, 6) is -0.514. The van der Waals surface area contributed by atoms with Gasteiger partial charge in [0.2, 0.25) is 0 Å². The van der Waals surface area contributed by atoms with E-state index in [1.165, 1.54) is 40.2 Å². The number of aliphatic imine (C=N–C) groups is 1. The normalized spacial score (nSPS) is 16.0. The average molecular weight is 478 g/mol. The number of halogens is 1. The van der Waals surface area contributed by atoms with Gasteiger partial charge in [-0.1, -0.05) is 54.6 Å². The lowest BCUT2D eigenvalue weighted by Gasteiger charge is -2.07. The third-order valence-corrected chi connectivity index (χ3v) is 6.89. The Kier molecular flexibility index (Phi) is 5.43. The maximum atomic E-state index is 13.2. The predicted octanol–water partition coefficient (Wildman–Crippen LogP) is 6.87. The summed E-state index contributed by atoms with van der Waals surface area (Å²) in [5.41, 5.74) is 3.88. The van der Waals surface area contributed by atoms with Crippen LogP contribution >= 0.6 is 11.8 Å². The van der Waals surface area contributed by atoms with Gasteiger partial charge in [0.15, 0.2) is 5.17 Å². The van der Waals surface area contributed by atoms with Crippen molar-refractivity contribution >= 4 is 56.3 Å². The minimum Gasteiger partial charge on any atom is -0.342 e. The molecule has 1 aliphatic rings. The van der Waals surface area contributed by atoms with Crippen LogP contribution in [0.3, 0.4) is 0 Å². The molecule has 1 aliphatic heterocycles. The summed E-state index contributed by atoms with van der Waals surface area (Å²) in [6, 6.07) is 29.0. The monoisotopic (exact) mass is 477 g/mol. The molecular weight excluding hydrogens is 457 g/mol. The minimum absolute atomic E-state index is 0.192. The maximum absolute atomic E-state index is 13.2. The molecule has 2 heterocycles. The first-order valence-corrected chi connectivity index (χ1v) is 12.0. The van der Waals surface area contributed by atoms with E-state index in [1.54, 1.807) is 12.1 Å². The van der Waals surface area contributed by atoms with Crippen molar-refractivity contribution in [3.8, 4) is 0 Å². The van der Waals surface area contributed by atoms with E-state index in [1.807, 2.05) is 24.3 Å². The number of thioether (sulfide) groups is 1. The molecule has 0 unspecified atom stereocenters. The van der Waals surface area contributed by atoms with Crippen LogP contribution < -0.4 is 5.32 Å². The van der Waals surface area contributed by atoms with Crippen molar-refractivity contribution in [2.24, 2.45) is 4.99 Å². The molecule has 4 nitrogen and oxygen atoms in total. The number of hydrogen-bond acceptors (Lipinski definition) is 3. The molecule has 4 aromatic carbocycles. The summed E-state index contributed by atoms with van der Waals surface area (Å²) in [7, 11) is 0. The molecule has 0 bridgehead atoms. The van der Waals surface area contributed by atoms with Crippen molar-refractivity contribution in [3.63, 3.8) is 0 Å². The minimum atomic E-state index is -0.322. The zero-order valence-corrected chi connectivity index (χ0v) is 19.4. The first kappa shape index (κ1) is 21.4. The lowest BCUT2D eigenvalue weighted by molar-refractivity contribution is -0.115. The molecule has 170 valence electrons.